The molecular weight excluding hydrogens is 538 g/mol. The van der Waals surface area contributed by atoms with Crippen LogP contribution in [0, 0.1) is 0 Å². The Bertz CT molecular complexity index is 1200. The highest BCUT2D eigenvalue weighted by molar-refractivity contribution is 9.10. The van der Waals surface area contributed by atoms with Crippen molar-refractivity contribution in [1.82, 2.24) is 20.2 Å². The Balaban J connectivity index is 1.10. The van der Waals surface area contributed by atoms with Crippen molar-refractivity contribution in [3.05, 3.63) is 70.0 Å². The first-order valence-corrected chi connectivity index (χ1v) is 13.6. The van der Waals surface area contributed by atoms with Gasteiger partial charge in [-0.1, -0.05) is 18.9 Å². The third-order valence-electron chi connectivity index (χ3n) is 6.93. The largest absolute Gasteiger partial charge is 0.484 e. The SMILES string of the molecule is O=C(NC[C@H](O)CN1CCc2c(ccc(OCc3cnco3)c2Br)C1)c1ccnc(NC2CCCC2)c1. The number of benzene rings is 1. The van der Waals surface area contributed by atoms with E-state index >= 15 is 0 Å². The van der Waals surface area contributed by atoms with Crippen LogP contribution >= 0.6 is 15.9 Å². The number of aliphatic hydroxyl groups excluding tert-OH is 1. The van der Waals surface area contributed by atoms with Crippen LogP contribution in [0.25, 0.3) is 0 Å². The van der Waals surface area contributed by atoms with E-state index in [1.54, 1.807) is 24.5 Å². The maximum atomic E-state index is 12.7. The number of carbonyl (C=O) groups excluding carboxylic acids is 1. The molecule has 2 aliphatic rings. The molecule has 1 saturated carbocycles. The molecule has 1 fully saturated rings. The number of anilines is 1. The van der Waals surface area contributed by atoms with Gasteiger partial charge in [0.2, 0.25) is 0 Å². The molecule has 5 rings (SSSR count). The minimum absolute atomic E-state index is 0.189. The molecule has 0 radical (unpaired) electrons. The number of nitrogens with one attached hydrogen (secondary N) is 2. The minimum Gasteiger partial charge on any atom is -0.484 e. The van der Waals surface area contributed by atoms with Gasteiger partial charge in [-0.2, -0.15) is 0 Å². The molecule has 1 atom stereocenters. The molecule has 37 heavy (non-hydrogen) atoms. The molecule has 10 heteroatoms. The number of halogens is 1. The zero-order valence-corrected chi connectivity index (χ0v) is 22.2. The number of carbonyl (C=O) groups is 1. The number of oxazole rings is 1. The van der Waals surface area contributed by atoms with E-state index in [1.165, 1.54) is 30.4 Å². The summed E-state index contributed by atoms with van der Waals surface area (Å²) in [6, 6.07) is 7.93. The number of nitrogens with zero attached hydrogens (tertiary/aromatic N) is 3. The summed E-state index contributed by atoms with van der Waals surface area (Å²) in [5, 5.41) is 16.9. The van der Waals surface area contributed by atoms with Gasteiger partial charge in [0.15, 0.2) is 12.2 Å². The van der Waals surface area contributed by atoms with Crippen molar-refractivity contribution in [3.8, 4) is 5.75 Å². The lowest BCUT2D eigenvalue weighted by Gasteiger charge is -2.31. The Hall–Kier alpha value is -2.95. The average molecular weight is 570 g/mol. The molecule has 0 unspecified atom stereocenters. The molecule has 3 aromatic rings. The van der Waals surface area contributed by atoms with Crippen molar-refractivity contribution in [1.29, 1.82) is 0 Å². The number of β-amino-alcohol motifs (C(OH)–C–C–N with tert-alkyl or cyclic N) is 1. The number of hydrogen-bond donors (Lipinski definition) is 3. The first-order chi connectivity index (χ1) is 18.0. The fraction of sp³-hybridized carbons (Fsp3) is 0.444. The van der Waals surface area contributed by atoms with Crippen LogP contribution in [0.15, 0.2) is 51.9 Å². The van der Waals surface area contributed by atoms with Crippen molar-refractivity contribution in [2.75, 3.05) is 25.0 Å². The number of amides is 1. The van der Waals surface area contributed by atoms with Crippen LogP contribution < -0.4 is 15.4 Å². The van der Waals surface area contributed by atoms with Crippen LogP contribution in [-0.2, 0) is 19.6 Å². The standard InChI is InChI=1S/C27H32BrN5O4/c28-26-23-8-10-33(14-19(23)5-6-24(26)36-16-22-13-29-17-37-22)15-21(34)12-31-27(35)18-7-9-30-25(11-18)32-20-3-1-2-4-20/h5-7,9,11,13,17,20-21,34H,1-4,8,10,12,14-16H2,(H,30,32)(H,31,35)/t21-/m0/s1. The van der Waals surface area contributed by atoms with Crippen molar-refractivity contribution < 1.29 is 19.1 Å². The Kier molecular flexibility index (Phi) is 8.38. The van der Waals surface area contributed by atoms with Crippen molar-refractivity contribution >= 4 is 27.7 Å². The lowest BCUT2D eigenvalue weighted by Crippen LogP contribution is -2.42. The van der Waals surface area contributed by atoms with E-state index in [-0.39, 0.29) is 12.5 Å². The van der Waals surface area contributed by atoms with Gasteiger partial charge >= 0.3 is 0 Å². The van der Waals surface area contributed by atoms with Gasteiger partial charge in [-0.05, 0) is 64.5 Å². The van der Waals surface area contributed by atoms with Gasteiger partial charge < -0.3 is 24.9 Å². The van der Waals surface area contributed by atoms with Crippen LogP contribution in [-0.4, -0.2) is 57.7 Å². The Morgan fingerprint density at radius 3 is 2.97 bits per heavy atom. The fourth-order valence-corrected chi connectivity index (χ4v) is 5.68. The van der Waals surface area contributed by atoms with Gasteiger partial charge in [-0.3, -0.25) is 9.69 Å². The lowest BCUT2D eigenvalue weighted by atomic mass is 9.99. The molecule has 9 nitrogen and oxygen atoms in total. The Morgan fingerprint density at radius 2 is 2.16 bits per heavy atom. The summed E-state index contributed by atoms with van der Waals surface area (Å²) in [5.41, 5.74) is 2.95. The predicted octanol–water partition coefficient (Wildman–Crippen LogP) is 3.91. The van der Waals surface area contributed by atoms with Gasteiger partial charge in [0.25, 0.3) is 5.91 Å². The molecule has 1 aromatic carbocycles. The quantitative estimate of drug-likeness (QED) is 0.337. The zero-order chi connectivity index (χ0) is 25.6. The van der Waals surface area contributed by atoms with Crippen LogP contribution in [0.4, 0.5) is 5.82 Å². The van der Waals surface area contributed by atoms with Crippen LogP contribution in [0.1, 0.15) is 52.9 Å². The normalized spacial score (nSPS) is 16.8. The second-order valence-electron chi connectivity index (χ2n) is 9.68. The average Bonchev–Trinajstić information content (AvgIpc) is 3.62. The Labute approximate surface area is 224 Å². The third kappa shape index (κ3) is 6.68. The smallest absolute Gasteiger partial charge is 0.251 e. The maximum Gasteiger partial charge on any atom is 0.251 e. The van der Waals surface area contributed by atoms with E-state index in [1.807, 2.05) is 6.07 Å². The highest BCUT2D eigenvalue weighted by Crippen LogP contribution is 2.35. The first-order valence-electron chi connectivity index (χ1n) is 12.8. The van der Waals surface area contributed by atoms with E-state index < -0.39 is 6.10 Å². The molecule has 0 bridgehead atoms. The summed E-state index contributed by atoms with van der Waals surface area (Å²) < 4.78 is 12.1. The minimum atomic E-state index is -0.670. The summed E-state index contributed by atoms with van der Waals surface area (Å²) >= 11 is 3.70. The van der Waals surface area contributed by atoms with Crippen LogP contribution in [0.3, 0.4) is 0 Å². The van der Waals surface area contributed by atoms with E-state index in [0.717, 1.165) is 48.4 Å². The highest BCUT2D eigenvalue weighted by Gasteiger charge is 2.23. The summed E-state index contributed by atoms with van der Waals surface area (Å²) in [6.45, 7) is 2.52. The van der Waals surface area contributed by atoms with E-state index in [2.05, 4.69) is 47.5 Å². The lowest BCUT2D eigenvalue weighted by molar-refractivity contribution is 0.0841. The van der Waals surface area contributed by atoms with Crippen LogP contribution in [0.2, 0.25) is 0 Å². The van der Waals surface area contributed by atoms with E-state index in [0.29, 0.717) is 30.5 Å². The number of rotatable bonds is 10. The summed E-state index contributed by atoms with van der Waals surface area (Å²) in [4.78, 5) is 23.1. The van der Waals surface area contributed by atoms with Gasteiger partial charge in [0, 0.05) is 44.0 Å². The second kappa shape index (κ2) is 12.1. The maximum absolute atomic E-state index is 12.7. The molecule has 1 aliphatic heterocycles. The van der Waals surface area contributed by atoms with Crippen molar-refractivity contribution in [3.63, 3.8) is 0 Å². The predicted molar refractivity (Wildman–Crippen MR) is 142 cm³/mol. The number of hydrogen-bond acceptors (Lipinski definition) is 8. The molecule has 0 saturated heterocycles. The fourth-order valence-electron chi connectivity index (χ4n) is 4.98. The number of ether oxygens (including phenoxy) is 1. The summed E-state index contributed by atoms with van der Waals surface area (Å²) in [7, 11) is 0. The van der Waals surface area contributed by atoms with Gasteiger partial charge in [-0.15, -0.1) is 0 Å². The number of pyridine rings is 1. The van der Waals surface area contributed by atoms with Crippen LogP contribution in [0.5, 0.6) is 5.75 Å². The number of aliphatic hydroxyl groups is 1. The number of fused-ring (bicyclic) bond motifs is 1. The van der Waals surface area contributed by atoms with Gasteiger partial charge in [0.1, 0.15) is 18.2 Å². The first kappa shape index (κ1) is 25.7. The molecule has 1 aliphatic carbocycles. The topological polar surface area (TPSA) is 113 Å². The molecule has 2 aromatic heterocycles. The Morgan fingerprint density at radius 1 is 1.30 bits per heavy atom. The monoisotopic (exact) mass is 569 g/mol. The van der Waals surface area contributed by atoms with Crippen molar-refractivity contribution in [2.24, 2.45) is 0 Å². The van der Waals surface area contributed by atoms with E-state index in [4.69, 9.17) is 9.15 Å². The second-order valence-corrected chi connectivity index (χ2v) is 10.5. The molecule has 196 valence electrons. The van der Waals surface area contributed by atoms with Crippen molar-refractivity contribution in [2.45, 2.75) is 57.4 Å². The molecule has 3 heterocycles. The highest BCUT2D eigenvalue weighted by atomic mass is 79.9. The van der Waals surface area contributed by atoms with Gasteiger partial charge in [-0.25, -0.2) is 9.97 Å². The molecular formula is C27H32BrN5O4. The van der Waals surface area contributed by atoms with Gasteiger partial charge in [0.05, 0.1) is 16.8 Å². The number of aromatic nitrogens is 2. The molecule has 0 spiro atoms. The zero-order valence-electron chi connectivity index (χ0n) is 20.7. The molecule has 3 N–H and O–H groups in total. The third-order valence-corrected chi connectivity index (χ3v) is 7.80. The molecule has 1 amide bonds. The van der Waals surface area contributed by atoms with E-state index in [9.17, 15) is 9.90 Å². The summed E-state index contributed by atoms with van der Waals surface area (Å²) in [5.74, 6) is 1.96. The summed E-state index contributed by atoms with van der Waals surface area (Å²) in [6.07, 6.45) is 9.59.